The van der Waals surface area contributed by atoms with Crippen LogP contribution < -0.4 is 4.72 Å². The van der Waals surface area contributed by atoms with E-state index < -0.39 is 10.0 Å². The third-order valence-corrected chi connectivity index (χ3v) is 4.81. The van der Waals surface area contributed by atoms with Gasteiger partial charge in [0.25, 0.3) is 10.0 Å². The summed E-state index contributed by atoms with van der Waals surface area (Å²) in [4.78, 5) is 4.19. The maximum atomic E-state index is 12.3. The van der Waals surface area contributed by atoms with Crippen LogP contribution in [-0.2, 0) is 15.4 Å². The van der Waals surface area contributed by atoms with E-state index in [4.69, 9.17) is 0 Å². The molecule has 21 heavy (non-hydrogen) atoms. The van der Waals surface area contributed by atoms with Crippen LogP contribution in [0.2, 0.25) is 0 Å². The quantitative estimate of drug-likeness (QED) is 0.843. The van der Waals surface area contributed by atoms with E-state index in [1.807, 2.05) is 18.4 Å². The third-order valence-electron chi connectivity index (χ3n) is 2.91. The Hall–Kier alpha value is -1.54. The van der Waals surface area contributed by atoms with Gasteiger partial charge in [-0.05, 0) is 29.4 Å². The molecule has 0 aliphatic carbocycles. The van der Waals surface area contributed by atoms with Crippen molar-refractivity contribution in [3.63, 3.8) is 0 Å². The van der Waals surface area contributed by atoms with Crippen molar-refractivity contribution in [2.45, 2.75) is 36.2 Å². The molecular formula is C13H18N4O2S2. The minimum absolute atomic E-state index is 0.0199. The minimum atomic E-state index is -3.66. The molecule has 6 nitrogen and oxygen atoms in total. The van der Waals surface area contributed by atoms with Crippen LogP contribution in [0.5, 0.6) is 0 Å². The molecule has 0 aliphatic heterocycles. The Morgan fingerprint density at radius 1 is 1.19 bits per heavy atom. The summed E-state index contributed by atoms with van der Waals surface area (Å²) in [5.74, 6) is 0.110. The molecule has 2 N–H and O–H groups in total. The highest BCUT2D eigenvalue weighted by Crippen LogP contribution is 2.24. The summed E-state index contributed by atoms with van der Waals surface area (Å²) in [6, 6.07) is 6.83. The van der Waals surface area contributed by atoms with E-state index in [2.05, 4.69) is 40.7 Å². The number of H-pyrrole nitrogens is 1. The van der Waals surface area contributed by atoms with Gasteiger partial charge in [-0.15, -0.1) is 5.10 Å². The topological polar surface area (TPSA) is 87.7 Å². The molecule has 0 spiro atoms. The zero-order chi connectivity index (χ0) is 15.7. The highest BCUT2D eigenvalue weighted by atomic mass is 32.2. The summed E-state index contributed by atoms with van der Waals surface area (Å²) >= 11 is 1.33. The standard InChI is InChI=1S/C13H18N4O2S2/c1-13(2,3)9-5-7-10(8-6-9)21(18,19)17-11-14-12(20-4)16-15-11/h5-8H,1-4H3,(H2,14,15,16,17). The number of nitrogens with one attached hydrogen (secondary N) is 2. The fourth-order valence-electron chi connectivity index (χ4n) is 1.70. The van der Waals surface area contributed by atoms with Gasteiger partial charge < -0.3 is 0 Å². The van der Waals surface area contributed by atoms with Crippen LogP contribution in [0.25, 0.3) is 0 Å². The largest absolute Gasteiger partial charge is 0.264 e. The summed E-state index contributed by atoms with van der Waals surface area (Å²) in [6.45, 7) is 6.23. The molecule has 0 saturated carbocycles. The van der Waals surface area contributed by atoms with Gasteiger partial charge in [0.1, 0.15) is 0 Å². The van der Waals surface area contributed by atoms with E-state index in [0.717, 1.165) is 5.56 Å². The lowest BCUT2D eigenvalue weighted by molar-refractivity contribution is 0.587. The summed E-state index contributed by atoms with van der Waals surface area (Å²) < 4.78 is 26.9. The molecule has 0 saturated heterocycles. The van der Waals surface area contributed by atoms with Crippen LogP contribution in [0.4, 0.5) is 5.95 Å². The number of aromatic nitrogens is 3. The summed E-state index contributed by atoms with van der Waals surface area (Å²) in [7, 11) is -3.66. The van der Waals surface area contributed by atoms with E-state index >= 15 is 0 Å². The Balaban J connectivity index is 2.23. The lowest BCUT2D eigenvalue weighted by atomic mass is 9.87. The number of thioether (sulfide) groups is 1. The Bertz CT molecular complexity index is 715. The van der Waals surface area contributed by atoms with Gasteiger partial charge in [-0.3, -0.25) is 0 Å². The Labute approximate surface area is 128 Å². The Kier molecular flexibility index (Phi) is 4.29. The number of sulfonamides is 1. The van der Waals surface area contributed by atoms with E-state index in [1.54, 1.807) is 12.1 Å². The first kappa shape index (κ1) is 15.8. The van der Waals surface area contributed by atoms with Gasteiger partial charge >= 0.3 is 0 Å². The number of anilines is 1. The van der Waals surface area contributed by atoms with Crippen molar-refractivity contribution in [2.24, 2.45) is 0 Å². The van der Waals surface area contributed by atoms with Crippen molar-refractivity contribution in [3.05, 3.63) is 29.8 Å². The van der Waals surface area contributed by atoms with E-state index in [0.29, 0.717) is 5.16 Å². The normalized spacial score (nSPS) is 12.4. The lowest BCUT2D eigenvalue weighted by Gasteiger charge is -2.19. The Morgan fingerprint density at radius 3 is 2.29 bits per heavy atom. The fraction of sp³-hybridized carbons (Fsp3) is 0.385. The van der Waals surface area contributed by atoms with Crippen LogP contribution in [0.1, 0.15) is 26.3 Å². The number of nitrogens with zero attached hydrogens (tertiary/aromatic N) is 2. The maximum Gasteiger partial charge on any atom is 0.264 e. The Morgan fingerprint density at radius 2 is 1.81 bits per heavy atom. The average molecular weight is 326 g/mol. The molecule has 2 rings (SSSR count). The van der Waals surface area contributed by atoms with E-state index in [-0.39, 0.29) is 16.3 Å². The van der Waals surface area contributed by atoms with Crippen LogP contribution in [0, 0.1) is 0 Å². The molecule has 0 atom stereocenters. The minimum Gasteiger partial charge on any atom is -0.248 e. The molecule has 114 valence electrons. The summed E-state index contributed by atoms with van der Waals surface area (Å²) in [5.41, 5.74) is 1.05. The zero-order valence-corrected chi connectivity index (χ0v) is 14.0. The number of aromatic amines is 1. The second-order valence-electron chi connectivity index (χ2n) is 5.55. The van der Waals surface area contributed by atoms with Gasteiger partial charge in [0.15, 0.2) is 0 Å². The molecule has 0 bridgehead atoms. The summed E-state index contributed by atoms with van der Waals surface area (Å²) in [5, 5.41) is 6.89. The van der Waals surface area contributed by atoms with Crippen molar-refractivity contribution in [1.82, 2.24) is 15.2 Å². The molecule has 0 fully saturated rings. The van der Waals surface area contributed by atoms with Crippen molar-refractivity contribution < 1.29 is 8.42 Å². The molecule has 1 aromatic carbocycles. The van der Waals surface area contributed by atoms with Gasteiger partial charge in [-0.2, -0.15) is 4.98 Å². The first-order valence-corrected chi connectivity index (χ1v) is 9.03. The first-order chi connectivity index (χ1) is 9.72. The van der Waals surface area contributed by atoms with Gasteiger partial charge in [0.2, 0.25) is 11.1 Å². The van der Waals surface area contributed by atoms with E-state index in [9.17, 15) is 8.42 Å². The van der Waals surface area contributed by atoms with Gasteiger partial charge in [-0.1, -0.05) is 44.7 Å². The molecule has 0 aliphatic rings. The van der Waals surface area contributed by atoms with Crippen molar-refractivity contribution in [1.29, 1.82) is 0 Å². The van der Waals surface area contributed by atoms with Gasteiger partial charge in [0.05, 0.1) is 4.90 Å². The summed E-state index contributed by atoms with van der Waals surface area (Å²) in [6.07, 6.45) is 1.81. The highest BCUT2D eigenvalue weighted by Gasteiger charge is 2.18. The molecular weight excluding hydrogens is 308 g/mol. The van der Waals surface area contributed by atoms with Gasteiger partial charge in [-0.25, -0.2) is 18.2 Å². The molecule has 1 aromatic heterocycles. The lowest BCUT2D eigenvalue weighted by Crippen LogP contribution is -2.15. The predicted octanol–water partition coefficient (Wildman–Crippen LogP) is 2.62. The van der Waals surface area contributed by atoms with Crippen LogP contribution in [0.15, 0.2) is 34.3 Å². The molecule has 0 unspecified atom stereocenters. The molecule has 2 aromatic rings. The molecule has 0 amide bonds. The fourth-order valence-corrected chi connectivity index (χ4v) is 2.98. The number of hydrogen-bond acceptors (Lipinski definition) is 5. The molecule has 8 heteroatoms. The maximum absolute atomic E-state index is 12.3. The van der Waals surface area contributed by atoms with E-state index in [1.165, 1.54) is 11.8 Å². The van der Waals surface area contributed by atoms with Crippen molar-refractivity contribution in [2.75, 3.05) is 11.0 Å². The second-order valence-corrected chi connectivity index (χ2v) is 8.01. The van der Waals surface area contributed by atoms with Crippen LogP contribution >= 0.6 is 11.8 Å². The van der Waals surface area contributed by atoms with Crippen molar-refractivity contribution >= 4 is 27.7 Å². The van der Waals surface area contributed by atoms with Crippen molar-refractivity contribution in [3.8, 4) is 0 Å². The zero-order valence-electron chi connectivity index (χ0n) is 12.3. The molecule has 0 radical (unpaired) electrons. The molecule has 1 heterocycles. The highest BCUT2D eigenvalue weighted by molar-refractivity contribution is 7.98. The SMILES string of the molecule is CSc1n[nH]c(NS(=O)(=O)c2ccc(C(C)(C)C)cc2)n1. The number of rotatable bonds is 4. The number of hydrogen-bond donors (Lipinski definition) is 2. The predicted molar refractivity (Wildman–Crippen MR) is 84.1 cm³/mol. The average Bonchev–Trinajstić information content (AvgIpc) is 2.85. The first-order valence-electron chi connectivity index (χ1n) is 6.32. The second kappa shape index (κ2) is 5.69. The number of benzene rings is 1. The smallest absolute Gasteiger partial charge is 0.248 e. The monoisotopic (exact) mass is 326 g/mol. The van der Waals surface area contributed by atoms with Crippen LogP contribution in [0.3, 0.4) is 0 Å². The van der Waals surface area contributed by atoms with Crippen LogP contribution in [-0.4, -0.2) is 29.9 Å². The van der Waals surface area contributed by atoms with Gasteiger partial charge in [0, 0.05) is 0 Å². The third kappa shape index (κ3) is 3.76.